The highest BCUT2D eigenvalue weighted by atomic mass is 32.2. The summed E-state index contributed by atoms with van der Waals surface area (Å²) in [5.41, 5.74) is 1.82. The second-order valence-electron chi connectivity index (χ2n) is 5.84. The highest BCUT2D eigenvalue weighted by molar-refractivity contribution is 7.99. The van der Waals surface area contributed by atoms with Crippen LogP contribution < -0.4 is 0 Å². The molecule has 2 rings (SSSR count). The smallest absolute Gasteiger partial charge is 0.253 e. The quantitative estimate of drug-likeness (QED) is 0.874. The van der Waals surface area contributed by atoms with Gasteiger partial charge in [0.1, 0.15) is 0 Å². The fourth-order valence-corrected chi connectivity index (χ4v) is 2.71. The van der Waals surface area contributed by atoms with Crippen molar-refractivity contribution in [2.75, 3.05) is 5.75 Å². The molecule has 1 N–H and O–H groups in total. The third-order valence-corrected chi connectivity index (χ3v) is 3.88. The van der Waals surface area contributed by atoms with Crippen LogP contribution in [0.4, 0.5) is 0 Å². The van der Waals surface area contributed by atoms with Crippen LogP contribution in [0.3, 0.4) is 0 Å². The summed E-state index contributed by atoms with van der Waals surface area (Å²) in [6.45, 7) is 9.98. The zero-order valence-electron chi connectivity index (χ0n) is 12.0. The van der Waals surface area contributed by atoms with Gasteiger partial charge in [-0.15, -0.1) is 5.10 Å². The average Bonchev–Trinajstić information content (AvgIpc) is 2.67. The van der Waals surface area contributed by atoms with Crippen molar-refractivity contribution in [2.45, 2.75) is 45.9 Å². The average molecular weight is 280 g/mol. The molecule has 6 heteroatoms. The first-order valence-electron chi connectivity index (χ1n) is 6.29. The number of hydrogen-bond donors (Lipinski definition) is 1. The highest BCUT2D eigenvalue weighted by Crippen LogP contribution is 2.25. The monoisotopic (exact) mass is 280 g/mol. The molecule has 0 spiro atoms. The van der Waals surface area contributed by atoms with Crippen molar-refractivity contribution >= 4 is 17.5 Å². The Morgan fingerprint density at radius 1 is 1.32 bits per heavy atom. The number of hydrogen-bond acceptors (Lipinski definition) is 5. The second-order valence-corrected chi connectivity index (χ2v) is 6.83. The first kappa shape index (κ1) is 14.3. The Balaban J connectivity index is 2.16. The molecule has 5 nitrogen and oxygen atoms in total. The molecular formula is C13H20N4OS. The maximum atomic E-state index is 10.0. The molecule has 2 aromatic rings. The maximum Gasteiger partial charge on any atom is 0.253 e. The number of aromatic nitrogens is 4. The molecule has 0 radical (unpaired) electrons. The molecular weight excluding hydrogens is 260 g/mol. The van der Waals surface area contributed by atoms with Gasteiger partial charge in [0.05, 0.1) is 6.10 Å². The number of nitrogens with zero attached hydrogens (tertiary/aromatic N) is 4. The summed E-state index contributed by atoms with van der Waals surface area (Å²) >= 11 is 1.46. The Morgan fingerprint density at radius 3 is 2.63 bits per heavy atom. The lowest BCUT2D eigenvalue weighted by Crippen LogP contribution is -2.28. The normalized spacial score (nSPS) is 14.0. The minimum Gasteiger partial charge on any atom is -0.392 e. The lowest BCUT2D eigenvalue weighted by Gasteiger charge is -2.24. The predicted molar refractivity (Wildman–Crippen MR) is 76.4 cm³/mol. The summed E-state index contributed by atoms with van der Waals surface area (Å²) in [6.07, 6.45) is -0.389. The van der Waals surface area contributed by atoms with Crippen LogP contribution in [0.2, 0.25) is 0 Å². The molecule has 19 heavy (non-hydrogen) atoms. The summed E-state index contributed by atoms with van der Waals surface area (Å²) in [7, 11) is 0. The van der Waals surface area contributed by atoms with E-state index >= 15 is 0 Å². The van der Waals surface area contributed by atoms with Crippen LogP contribution in [0.1, 0.15) is 32.2 Å². The molecule has 0 bridgehead atoms. The van der Waals surface area contributed by atoms with Gasteiger partial charge in [-0.1, -0.05) is 32.5 Å². The third kappa shape index (κ3) is 3.25. The van der Waals surface area contributed by atoms with E-state index in [1.807, 2.05) is 40.7 Å². The van der Waals surface area contributed by atoms with Gasteiger partial charge in [0.15, 0.2) is 0 Å². The lowest BCUT2D eigenvalue weighted by molar-refractivity contribution is 0.0842. The second kappa shape index (κ2) is 5.09. The van der Waals surface area contributed by atoms with Gasteiger partial charge < -0.3 is 5.11 Å². The molecule has 0 fully saturated rings. The molecule has 0 aliphatic rings. The van der Waals surface area contributed by atoms with Crippen molar-refractivity contribution in [1.29, 1.82) is 0 Å². The number of thioether (sulfide) groups is 1. The summed E-state index contributed by atoms with van der Waals surface area (Å²) in [5.74, 6) is 1.20. The topological polar surface area (TPSA) is 63.3 Å². The molecule has 0 saturated carbocycles. The largest absolute Gasteiger partial charge is 0.392 e. The van der Waals surface area contributed by atoms with E-state index in [1.54, 1.807) is 4.52 Å². The van der Waals surface area contributed by atoms with E-state index in [4.69, 9.17) is 0 Å². The molecule has 0 amide bonds. The Labute approximate surface area is 117 Å². The van der Waals surface area contributed by atoms with E-state index in [1.165, 1.54) is 11.8 Å². The standard InChI is InChI=1S/C13H20N4OS/c1-8-6-9(2)17-11(14-8)15-12(16-17)19-7-10(18)13(3,4)5/h6,10,18H,7H2,1-5H3. The molecule has 104 valence electrons. The molecule has 1 unspecified atom stereocenters. The Bertz CT molecular complexity index is 588. The van der Waals surface area contributed by atoms with Crippen LogP contribution >= 0.6 is 11.8 Å². The minimum absolute atomic E-state index is 0.128. The zero-order valence-corrected chi connectivity index (χ0v) is 12.8. The molecule has 0 aliphatic carbocycles. The molecule has 0 aliphatic heterocycles. The van der Waals surface area contributed by atoms with Crippen LogP contribution in [0.5, 0.6) is 0 Å². The van der Waals surface area contributed by atoms with E-state index < -0.39 is 0 Å². The predicted octanol–water partition coefficient (Wildman–Crippen LogP) is 2.24. The molecule has 0 aromatic carbocycles. The number of rotatable bonds is 3. The highest BCUT2D eigenvalue weighted by Gasteiger charge is 2.22. The lowest BCUT2D eigenvalue weighted by atomic mass is 9.90. The van der Waals surface area contributed by atoms with Crippen molar-refractivity contribution in [3.8, 4) is 0 Å². The van der Waals surface area contributed by atoms with Gasteiger partial charge >= 0.3 is 0 Å². The van der Waals surface area contributed by atoms with Gasteiger partial charge in [-0.05, 0) is 25.3 Å². The van der Waals surface area contributed by atoms with Crippen molar-refractivity contribution in [2.24, 2.45) is 5.41 Å². The van der Waals surface area contributed by atoms with Crippen molar-refractivity contribution in [3.05, 3.63) is 17.5 Å². The minimum atomic E-state index is -0.389. The van der Waals surface area contributed by atoms with Crippen LogP contribution in [-0.4, -0.2) is 36.5 Å². The third-order valence-electron chi connectivity index (χ3n) is 2.97. The van der Waals surface area contributed by atoms with Crippen LogP contribution in [0, 0.1) is 19.3 Å². The molecule has 2 heterocycles. The van der Waals surface area contributed by atoms with Crippen LogP contribution in [0.15, 0.2) is 11.2 Å². The van der Waals surface area contributed by atoms with Gasteiger partial charge in [0.2, 0.25) is 5.16 Å². The van der Waals surface area contributed by atoms with E-state index in [0.717, 1.165) is 11.4 Å². The van der Waals surface area contributed by atoms with Crippen LogP contribution in [0.25, 0.3) is 5.78 Å². The van der Waals surface area contributed by atoms with Gasteiger partial charge in [0.25, 0.3) is 5.78 Å². The molecule has 0 saturated heterocycles. The number of fused-ring (bicyclic) bond motifs is 1. The SMILES string of the molecule is Cc1cc(C)n2nc(SCC(O)C(C)(C)C)nc2n1. The maximum absolute atomic E-state index is 10.0. The van der Waals surface area contributed by atoms with Crippen molar-refractivity contribution in [3.63, 3.8) is 0 Å². The Kier molecular flexibility index (Phi) is 3.82. The van der Waals surface area contributed by atoms with Gasteiger partial charge in [-0.2, -0.15) is 4.98 Å². The summed E-state index contributed by atoms with van der Waals surface area (Å²) in [4.78, 5) is 8.73. The first-order valence-corrected chi connectivity index (χ1v) is 7.28. The summed E-state index contributed by atoms with van der Waals surface area (Å²) in [6, 6.07) is 1.97. The van der Waals surface area contributed by atoms with Gasteiger partial charge in [-0.25, -0.2) is 9.50 Å². The summed E-state index contributed by atoms with van der Waals surface area (Å²) in [5, 5.41) is 15.1. The van der Waals surface area contributed by atoms with E-state index in [0.29, 0.717) is 16.7 Å². The zero-order chi connectivity index (χ0) is 14.2. The fraction of sp³-hybridized carbons (Fsp3) is 0.615. The first-order chi connectivity index (χ1) is 8.77. The van der Waals surface area contributed by atoms with E-state index in [2.05, 4.69) is 15.1 Å². The Morgan fingerprint density at radius 2 is 2.00 bits per heavy atom. The van der Waals surface area contributed by atoms with E-state index in [-0.39, 0.29) is 11.5 Å². The van der Waals surface area contributed by atoms with Gasteiger partial charge in [-0.3, -0.25) is 0 Å². The number of aryl methyl sites for hydroxylation is 2. The van der Waals surface area contributed by atoms with Crippen molar-refractivity contribution < 1.29 is 5.11 Å². The fourth-order valence-electron chi connectivity index (χ4n) is 1.61. The number of aliphatic hydroxyl groups excluding tert-OH is 1. The van der Waals surface area contributed by atoms with E-state index in [9.17, 15) is 5.11 Å². The molecule has 1 atom stereocenters. The number of aliphatic hydroxyl groups is 1. The van der Waals surface area contributed by atoms with Crippen molar-refractivity contribution in [1.82, 2.24) is 19.6 Å². The summed E-state index contributed by atoms with van der Waals surface area (Å²) < 4.78 is 1.73. The van der Waals surface area contributed by atoms with Crippen LogP contribution in [-0.2, 0) is 0 Å². The Hall–Kier alpha value is -1.14. The van der Waals surface area contributed by atoms with Gasteiger partial charge in [0, 0.05) is 17.1 Å². The molecule has 2 aromatic heterocycles.